The summed E-state index contributed by atoms with van der Waals surface area (Å²) in [4.78, 5) is 23.1. The molecule has 0 radical (unpaired) electrons. The summed E-state index contributed by atoms with van der Waals surface area (Å²) in [5, 5.41) is 23.0. The van der Waals surface area contributed by atoms with E-state index in [0.717, 1.165) is 28.9 Å². The molecular weight excluding hydrogens is 548 g/mol. The lowest BCUT2D eigenvalue weighted by Crippen LogP contribution is -2.57. The number of thiocarbonyl (C=S) groups is 1. The normalized spacial score (nSPS) is 18.0. The van der Waals surface area contributed by atoms with Crippen LogP contribution in [0.4, 0.5) is 28.9 Å². The van der Waals surface area contributed by atoms with Gasteiger partial charge in [-0.1, -0.05) is 6.07 Å². The maximum Gasteiger partial charge on any atom is 0.419 e. The molecule has 1 atom stereocenters. The number of rotatable bonds is 6. The van der Waals surface area contributed by atoms with E-state index < -0.39 is 40.9 Å². The lowest BCUT2D eigenvalue weighted by Gasteiger charge is -2.46. The Labute approximate surface area is 231 Å². The Hall–Kier alpha value is -4.15. The smallest absolute Gasteiger partial charge is 0.371 e. The molecule has 206 valence electrons. The fourth-order valence-electron chi connectivity index (χ4n) is 5.06. The molecule has 3 heterocycles. The number of benzene rings is 1. The highest BCUT2D eigenvalue weighted by molar-refractivity contribution is 7.80. The van der Waals surface area contributed by atoms with Gasteiger partial charge in [0.1, 0.15) is 11.9 Å². The minimum atomic E-state index is -4.86. The largest absolute Gasteiger partial charge is 0.419 e. The molecule has 1 aromatic carbocycles. The molecule has 1 unspecified atom stereocenters. The van der Waals surface area contributed by atoms with Crippen LogP contribution in [-0.4, -0.2) is 44.4 Å². The molecule has 2 fully saturated rings. The Morgan fingerprint density at radius 2 is 1.98 bits per heavy atom. The Morgan fingerprint density at radius 3 is 2.58 bits per heavy atom. The molecule has 2 aliphatic rings. The number of aliphatic hydroxyl groups excluding tert-OH is 1. The molecule has 2 aromatic heterocycles. The Balaban J connectivity index is 1.41. The summed E-state index contributed by atoms with van der Waals surface area (Å²) in [6.07, 6.45) is -1.48. The minimum Gasteiger partial charge on any atom is -0.371 e. The van der Waals surface area contributed by atoms with Crippen molar-refractivity contribution < 1.29 is 27.5 Å². The van der Waals surface area contributed by atoms with Crippen molar-refractivity contribution in [1.82, 2.24) is 15.3 Å². The van der Waals surface area contributed by atoms with E-state index in [1.165, 1.54) is 23.1 Å². The van der Waals surface area contributed by atoms with Crippen molar-refractivity contribution in [2.75, 3.05) is 16.3 Å². The molecule has 1 aliphatic heterocycles. The average Bonchev–Trinajstić information content (AvgIpc) is 3.14. The zero-order valence-electron chi connectivity index (χ0n) is 20.8. The lowest BCUT2D eigenvalue weighted by atomic mass is 9.74. The number of anilines is 2. The van der Waals surface area contributed by atoms with Crippen LogP contribution in [0.3, 0.4) is 0 Å². The van der Waals surface area contributed by atoms with E-state index in [1.54, 1.807) is 12.3 Å². The van der Waals surface area contributed by atoms with E-state index >= 15 is 4.39 Å². The summed E-state index contributed by atoms with van der Waals surface area (Å²) in [6, 6.07) is 11.5. The van der Waals surface area contributed by atoms with Crippen molar-refractivity contribution in [3.8, 4) is 6.07 Å². The van der Waals surface area contributed by atoms with Gasteiger partial charge in [0.05, 0.1) is 28.6 Å². The molecule has 0 bridgehead atoms. The Kier molecular flexibility index (Phi) is 7.16. The first-order chi connectivity index (χ1) is 19.1. The molecule has 13 heteroatoms. The number of nitrogens with one attached hydrogen (secondary N) is 1. The monoisotopic (exact) mass is 570 g/mol. The molecule has 3 aromatic rings. The van der Waals surface area contributed by atoms with Crippen LogP contribution in [0.2, 0.25) is 0 Å². The van der Waals surface area contributed by atoms with Crippen molar-refractivity contribution in [3.05, 3.63) is 83.2 Å². The molecule has 1 spiro atoms. The number of aliphatic hydroxyl groups is 1. The van der Waals surface area contributed by atoms with Crippen LogP contribution in [0.25, 0.3) is 0 Å². The molecule has 1 saturated carbocycles. The second kappa shape index (κ2) is 10.4. The third-order valence-corrected chi connectivity index (χ3v) is 7.58. The van der Waals surface area contributed by atoms with E-state index in [1.807, 2.05) is 12.1 Å². The summed E-state index contributed by atoms with van der Waals surface area (Å²) in [6.45, 7) is 0.246. The highest BCUT2D eigenvalue weighted by Gasteiger charge is 2.59. The minimum absolute atomic E-state index is 0.0567. The second-order valence-electron chi connectivity index (χ2n) is 9.51. The number of carbonyl (C=O) groups is 1. The number of nitriles is 1. The van der Waals surface area contributed by atoms with Gasteiger partial charge < -0.3 is 15.3 Å². The number of alkyl halides is 3. The predicted molar refractivity (Wildman–Crippen MR) is 141 cm³/mol. The van der Waals surface area contributed by atoms with Crippen LogP contribution < -0.4 is 15.1 Å². The van der Waals surface area contributed by atoms with E-state index in [-0.39, 0.29) is 28.6 Å². The highest BCUT2D eigenvalue weighted by Crippen LogP contribution is 2.50. The predicted octanol–water partition coefficient (Wildman–Crippen LogP) is 4.33. The van der Waals surface area contributed by atoms with Gasteiger partial charge in [0.15, 0.2) is 17.0 Å². The van der Waals surface area contributed by atoms with Crippen molar-refractivity contribution in [1.29, 1.82) is 5.26 Å². The van der Waals surface area contributed by atoms with Gasteiger partial charge >= 0.3 is 6.18 Å². The summed E-state index contributed by atoms with van der Waals surface area (Å²) in [7, 11) is 0. The van der Waals surface area contributed by atoms with Crippen molar-refractivity contribution in [3.63, 3.8) is 0 Å². The fourth-order valence-corrected chi connectivity index (χ4v) is 5.55. The van der Waals surface area contributed by atoms with Gasteiger partial charge in [-0.15, -0.1) is 0 Å². The van der Waals surface area contributed by atoms with E-state index in [9.17, 15) is 23.1 Å². The van der Waals surface area contributed by atoms with Crippen molar-refractivity contribution in [2.45, 2.75) is 43.6 Å². The Morgan fingerprint density at radius 1 is 1.20 bits per heavy atom. The van der Waals surface area contributed by atoms with Crippen LogP contribution in [0.15, 0.2) is 54.9 Å². The number of halogens is 4. The van der Waals surface area contributed by atoms with Gasteiger partial charge in [-0.05, 0) is 67.9 Å². The van der Waals surface area contributed by atoms with Crippen LogP contribution in [0.1, 0.15) is 46.6 Å². The topological polar surface area (TPSA) is 105 Å². The molecule has 1 amide bonds. The van der Waals surface area contributed by atoms with Gasteiger partial charge in [-0.25, -0.2) is 9.37 Å². The van der Waals surface area contributed by atoms with Crippen LogP contribution >= 0.6 is 12.2 Å². The average molecular weight is 571 g/mol. The van der Waals surface area contributed by atoms with Crippen molar-refractivity contribution in [2.24, 2.45) is 0 Å². The fraction of sp³-hybridized carbons (Fsp3) is 0.296. The summed E-state index contributed by atoms with van der Waals surface area (Å²) < 4.78 is 56.0. The second-order valence-corrected chi connectivity index (χ2v) is 9.87. The number of amides is 1. The first-order valence-electron chi connectivity index (χ1n) is 12.3. The summed E-state index contributed by atoms with van der Waals surface area (Å²) in [5.41, 5.74) is -2.40. The maximum atomic E-state index is 15.2. The van der Waals surface area contributed by atoms with Gasteiger partial charge in [-0.3, -0.25) is 14.7 Å². The summed E-state index contributed by atoms with van der Waals surface area (Å²) >= 11 is 5.59. The molecule has 1 aliphatic carbocycles. The zero-order chi connectivity index (χ0) is 28.7. The molecule has 8 nitrogen and oxygen atoms in total. The Bertz CT molecular complexity index is 1510. The third kappa shape index (κ3) is 4.73. The number of hydrogen-bond acceptors (Lipinski definition) is 6. The highest BCUT2D eigenvalue weighted by atomic mass is 32.1. The van der Waals surface area contributed by atoms with Gasteiger partial charge in [0, 0.05) is 30.5 Å². The van der Waals surface area contributed by atoms with Crippen LogP contribution in [-0.2, 0) is 12.6 Å². The van der Waals surface area contributed by atoms with E-state index in [0.29, 0.717) is 25.7 Å². The van der Waals surface area contributed by atoms with Crippen molar-refractivity contribution >= 4 is 34.6 Å². The number of nitrogens with zero attached hydrogens (tertiary/aromatic N) is 5. The van der Waals surface area contributed by atoms with E-state index in [2.05, 4.69) is 15.3 Å². The first-order valence-corrected chi connectivity index (χ1v) is 12.7. The van der Waals surface area contributed by atoms with Gasteiger partial charge in [-0.2, -0.15) is 18.4 Å². The van der Waals surface area contributed by atoms with Crippen LogP contribution in [0, 0.1) is 17.1 Å². The number of aromatic nitrogens is 2. The van der Waals surface area contributed by atoms with E-state index in [4.69, 9.17) is 17.5 Å². The number of pyridine rings is 2. The quantitative estimate of drug-likeness (QED) is 0.333. The standard InChI is InChI=1S/C27H22F4N6O2S/c28-21-13-17(5-6-19(21)23(38)34-11-7-16-4-1-2-10-33-16)37-25(40)36(24(39)26(37)8-3-9-26)18-12-20(27(29,30)31)22(14-32)35-15-18/h1-2,4-6,10,12-13,15,24,39H,3,7-9,11H2,(H,34,38). The SMILES string of the molecule is N#Cc1ncc(N2C(=S)N(c3ccc(C(=O)NCCc4ccccn4)c(F)c3)C3(CCC3)C2O)cc1C(F)(F)F. The number of carbonyl (C=O) groups excluding carboxylic acids is 1. The molecule has 5 rings (SSSR count). The van der Waals surface area contributed by atoms with Gasteiger partial charge in [0.2, 0.25) is 0 Å². The first kappa shape index (κ1) is 27.4. The maximum absolute atomic E-state index is 15.2. The zero-order valence-corrected chi connectivity index (χ0v) is 21.6. The molecule has 2 N–H and O–H groups in total. The summed E-state index contributed by atoms with van der Waals surface area (Å²) in [5.74, 6) is -1.44. The number of hydrogen-bond donors (Lipinski definition) is 2. The third-order valence-electron chi connectivity index (χ3n) is 7.20. The molecular formula is C27H22F4N6O2S. The van der Waals surface area contributed by atoms with Gasteiger partial charge in [0.25, 0.3) is 5.91 Å². The molecule has 40 heavy (non-hydrogen) atoms. The lowest BCUT2D eigenvalue weighted by molar-refractivity contribution is -0.138. The molecule has 1 saturated heterocycles. The van der Waals surface area contributed by atoms with Crippen LogP contribution in [0.5, 0.6) is 0 Å².